The van der Waals surface area contributed by atoms with E-state index >= 15 is 0 Å². The standard InChI is InChI=1S/C3H8O3.2ClH.H2N.Zn/c4-1-3(6)2-5;;;;/h3-6H,1-2H2;2*1H;1H2;/q;;;-1;+2/p-1. The zero-order valence-corrected chi connectivity index (χ0v) is 9.94. The van der Waals surface area contributed by atoms with Crippen LogP contribution in [-0.4, -0.2) is 34.6 Å². The fourth-order valence-electron chi connectivity index (χ4n) is 0.0577. The molecular formula is C3H11Cl2NO3Zn. The van der Waals surface area contributed by atoms with Crippen molar-refractivity contribution in [1.29, 1.82) is 0 Å². The number of hydrogen-bond acceptors (Lipinski definition) is 3. The molecule has 0 atom stereocenters. The molecule has 62 valence electrons. The molecular weight excluding hydrogens is 234 g/mol. The number of halogens is 2. The van der Waals surface area contributed by atoms with Crippen LogP contribution in [-0.2, 0) is 17.3 Å². The molecule has 0 amide bonds. The van der Waals surface area contributed by atoms with E-state index in [4.69, 9.17) is 25.0 Å². The van der Waals surface area contributed by atoms with Crippen molar-refractivity contribution in [2.75, 3.05) is 13.2 Å². The smallest absolute Gasteiger partial charge is 0.693 e. The maximum atomic E-state index is 8.17. The second kappa shape index (κ2) is 22.5. The third kappa shape index (κ3) is 23.0. The number of hydrogen-bond donors (Lipinski definition) is 3. The summed E-state index contributed by atoms with van der Waals surface area (Å²) in [6.07, 6.45) is -0.954. The molecule has 0 aliphatic heterocycles. The van der Waals surface area contributed by atoms with Gasteiger partial charge in [0.25, 0.3) is 0 Å². The van der Waals surface area contributed by atoms with Gasteiger partial charge in [0.1, 0.15) is 6.10 Å². The third-order valence-corrected chi connectivity index (χ3v) is 0.421. The van der Waals surface area contributed by atoms with Crippen LogP contribution in [0, 0.1) is 0 Å². The van der Waals surface area contributed by atoms with E-state index in [1.165, 1.54) is 0 Å². The first-order chi connectivity index (χ1) is 3.81. The van der Waals surface area contributed by atoms with Gasteiger partial charge in [-0.1, -0.05) is 0 Å². The Hall–Kier alpha value is 1.04. The molecule has 0 aromatic carbocycles. The van der Waals surface area contributed by atoms with E-state index in [0.717, 1.165) is 17.3 Å². The fraction of sp³-hybridized carbons (Fsp3) is 1.00. The second-order valence-corrected chi connectivity index (χ2v) is 1.02. The molecule has 10 heavy (non-hydrogen) atoms. The van der Waals surface area contributed by atoms with Gasteiger partial charge in [0.15, 0.2) is 0 Å². The van der Waals surface area contributed by atoms with Crippen LogP contribution >= 0.6 is 22.1 Å². The summed E-state index contributed by atoms with van der Waals surface area (Å²) in [7, 11) is 4.76. The van der Waals surface area contributed by atoms with Crippen LogP contribution in [0.15, 0.2) is 0 Å². The molecule has 0 spiro atoms. The van der Waals surface area contributed by atoms with Gasteiger partial charge in [-0.25, -0.2) is 0 Å². The molecule has 4 nitrogen and oxygen atoms in total. The minimum atomic E-state index is -0.954. The van der Waals surface area contributed by atoms with Crippen molar-refractivity contribution in [3.8, 4) is 0 Å². The van der Waals surface area contributed by atoms with Gasteiger partial charge in [-0.2, -0.15) is 0 Å². The molecule has 0 heterocycles. The molecule has 7 heteroatoms. The second-order valence-electron chi connectivity index (χ2n) is 1.02. The van der Waals surface area contributed by atoms with E-state index < -0.39 is 6.10 Å². The summed E-state index contributed by atoms with van der Waals surface area (Å²) in [5, 5.41) is 24.0. The van der Waals surface area contributed by atoms with E-state index in [2.05, 4.69) is 0 Å². The topological polar surface area (TPSA) is 94.2 Å². The van der Waals surface area contributed by atoms with Crippen molar-refractivity contribution < 1.29 is 32.6 Å². The summed E-state index contributed by atoms with van der Waals surface area (Å²) < 4.78 is 0. The maximum Gasteiger partial charge on any atom is -0.693 e. The van der Waals surface area contributed by atoms with E-state index in [1.807, 2.05) is 0 Å². The van der Waals surface area contributed by atoms with Gasteiger partial charge in [-0.05, 0) is 0 Å². The minimum Gasteiger partial charge on any atom is -0.693 e. The number of aliphatic hydroxyl groups excluding tert-OH is 3. The van der Waals surface area contributed by atoms with Gasteiger partial charge in [0.2, 0.25) is 0 Å². The van der Waals surface area contributed by atoms with Crippen molar-refractivity contribution in [3.63, 3.8) is 0 Å². The van der Waals surface area contributed by atoms with Crippen LogP contribution < -0.4 is 0 Å². The molecule has 0 bridgehead atoms. The summed E-state index contributed by atoms with van der Waals surface area (Å²) >= 11 is 0.847. The van der Waals surface area contributed by atoms with Crippen molar-refractivity contribution in [1.82, 2.24) is 0 Å². The predicted molar refractivity (Wildman–Crippen MR) is 38.6 cm³/mol. The van der Waals surface area contributed by atoms with Gasteiger partial charge in [0.05, 0.1) is 13.2 Å². The normalized spacial score (nSPS) is 6.70. The Bertz CT molecular complexity index is 40.9. The number of rotatable bonds is 2. The molecule has 0 saturated heterocycles. The molecule has 0 aromatic heterocycles. The number of aliphatic hydroxyl groups is 3. The van der Waals surface area contributed by atoms with Gasteiger partial charge in [-0.15, -0.1) is 12.4 Å². The zero-order chi connectivity index (χ0) is 6.99. The van der Waals surface area contributed by atoms with Crippen molar-refractivity contribution >= 4 is 22.1 Å². The Balaban J connectivity index is -0.0000000412. The fourth-order valence-corrected chi connectivity index (χ4v) is 0.0577. The van der Waals surface area contributed by atoms with Crippen LogP contribution in [0.5, 0.6) is 0 Å². The maximum absolute atomic E-state index is 8.17. The molecule has 0 radical (unpaired) electrons. The Morgan fingerprint density at radius 2 is 1.40 bits per heavy atom. The Kier molecular flexibility index (Phi) is 50.5. The van der Waals surface area contributed by atoms with E-state index in [0.29, 0.717) is 0 Å². The van der Waals surface area contributed by atoms with Crippen molar-refractivity contribution in [2.45, 2.75) is 6.10 Å². The minimum absolute atomic E-state index is 0. The van der Waals surface area contributed by atoms with Crippen LogP contribution in [0.1, 0.15) is 0 Å². The number of nitrogens with two attached hydrogens (primary N) is 1. The van der Waals surface area contributed by atoms with E-state index in [9.17, 15) is 0 Å². The van der Waals surface area contributed by atoms with Gasteiger partial charge in [-0.3, -0.25) is 0 Å². The Morgan fingerprint density at radius 1 is 1.20 bits per heavy atom. The quantitative estimate of drug-likeness (QED) is 0.605. The average Bonchev–Trinajstić information content (AvgIpc) is 1.91. The summed E-state index contributed by atoms with van der Waals surface area (Å²) in [5.74, 6) is 0. The molecule has 0 rings (SSSR count). The largest absolute Gasteiger partial charge is 0.693 e. The molecule has 0 aromatic rings. The molecule has 0 aliphatic rings. The molecule has 5 N–H and O–H groups in total. The van der Waals surface area contributed by atoms with Gasteiger partial charge < -0.3 is 21.5 Å². The molecule has 0 unspecified atom stereocenters. The molecule has 0 fully saturated rings. The first-order valence-electron chi connectivity index (χ1n) is 1.97. The summed E-state index contributed by atoms with van der Waals surface area (Å²) in [5.41, 5.74) is 0. The van der Waals surface area contributed by atoms with Crippen LogP contribution in [0.25, 0.3) is 6.15 Å². The first-order valence-corrected chi connectivity index (χ1v) is 5.87. The first kappa shape index (κ1) is 22.5. The zero-order valence-electron chi connectivity index (χ0n) is 5.40. The summed E-state index contributed by atoms with van der Waals surface area (Å²) in [6, 6.07) is 0. The monoisotopic (exact) mass is 243 g/mol. The average molecular weight is 245 g/mol. The van der Waals surface area contributed by atoms with Crippen LogP contribution in [0.2, 0.25) is 0 Å². The van der Waals surface area contributed by atoms with E-state index in [1.54, 1.807) is 0 Å². The van der Waals surface area contributed by atoms with Gasteiger partial charge in [0, 0.05) is 0 Å². The SMILES string of the molecule is Cl.OCC(O)CO.[Cl][Zn+].[NH2-]. The van der Waals surface area contributed by atoms with Crippen molar-refractivity contribution in [2.24, 2.45) is 0 Å². The Morgan fingerprint density at radius 3 is 1.40 bits per heavy atom. The van der Waals surface area contributed by atoms with Crippen molar-refractivity contribution in [3.05, 3.63) is 6.15 Å². The van der Waals surface area contributed by atoms with Crippen LogP contribution in [0.3, 0.4) is 0 Å². The van der Waals surface area contributed by atoms with Crippen LogP contribution in [0.4, 0.5) is 0 Å². The third-order valence-electron chi connectivity index (χ3n) is 0.421. The Labute approximate surface area is 80.3 Å². The summed E-state index contributed by atoms with van der Waals surface area (Å²) in [4.78, 5) is 0. The van der Waals surface area contributed by atoms with E-state index in [-0.39, 0.29) is 31.8 Å². The molecule has 0 saturated carbocycles. The van der Waals surface area contributed by atoms with Gasteiger partial charge >= 0.3 is 27.0 Å². The molecule has 0 aliphatic carbocycles. The summed E-state index contributed by atoms with van der Waals surface area (Å²) in [6.45, 7) is -0.729. The predicted octanol–water partition coefficient (Wildman–Crippen LogP) is 0.158.